The first kappa shape index (κ1) is 22.7. The van der Waals surface area contributed by atoms with Crippen LogP contribution in [-0.2, 0) is 14.8 Å². The Bertz CT molecular complexity index is 1000. The third kappa shape index (κ3) is 7.77. The summed E-state index contributed by atoms with van der Waals surface area (Å²) >= 11 is 5.13. The Kier molecular flexibility index (Phi) is 7.29. The number of aryl methyl sites for hydroxylation is 1. The second-order valence-corrected chi connectivity index (χ2v) is 9.66. The highest BCUT2D eigenvalue weighted by molar-refractivity contribution is 7.89. The van der Waals surface area contributed by atoms with Crippen LogP contribution in [0.25, 0.3) is 6.08 Å². The van der Waals surface area contributed by atoms with Crippen LogP contribution in [0.2, 0.25) is 0 Å². The Labute approximate surface area is 177 Å². The molecular formula is C21H25N3O3S2. The first-order valence-corrected chi connectivity index (χ1v) is 10.8. The van der Waals surface area contributed by atoms with Crippen molar-refractivity contribution in [2.45, 2.75) is 38.1 Å². The van der Waals surface area contributed by atoms with Crippen molar-refractivity contribution in [2.75, 3.05) is 5.32 Å². The Morgan fingerprint density at radius 3 is 2.14 bits per heavy atom. The second kappa shape index (κ2) is 9.30. The van der Waals surface area contributed by atoms with Gasteiger partial charge in [0.1, 0.15) is 0 Å². The van der Waals surface area contributed by atoms with Gasteiger partial charge < -0.3 is 5.32 Å². The van der Waals surface area contributed by atoms with Crippen LogP contribution in [0, 0.1) is 6.92 Å². The molecule has 0 aliphatic carbocycles. The van der Waals surface area contributed by atoms with Crippen molar-refractivity contribution < 1.29 is 13.2 Å². The molecule has 0 aromatic heterocycles. The first-order valence-electron chi connectivity index (χ1n) is 8.95. The molecule has 2 aromatic rings. The summed E-state index contributed by atoms with van der Waals surface area (Å²) < 4.78 is 27.2. The van der Waals surface area contributed by atoms with E-state index in [4.69, 9.17) is 12.2 Å². The molecule has 0 spiro atoms. The number of carbonyl (C=O) groups is 1. The van der Waals surface area contributed by atoms with Gasteiger partial charge in [0.15, 0.2) is 5.11 Å². The van der Waals surface area contributed by atoms with E-state index >= 15 is 0 Å². The van der Waals surface area contributed by atoms with Crippen molar-refractivity contribution in [3.63, 3.8) is 0 Å². The molecule has 0 radical (unpaired) electrons. The van der Waals surface area contributed by atoms with Gasteiger partial charge in [-0.2, -0.15) is 0 Å². The Morgan fingerprint density at radius 1 is 1.00 bits per heavy atom. The summed E-state index contributed by atoms with van der Waals surface area (Å²) in [5, 5.41) is 5.52. The van der Waals surface area contributed by atoms with Crippen LogP contribution in [0.3, 0.4) is 0 Å². The zero-order chi connectivity index (χ0) is 21.7. The predicted molar refractivity (Wildman–Crippen MR) is 121 cm³/mol. The van der Waals surface area contributed by atoms with Crippen molar-refractivity contribution in [3.05, 3.63) is 65.7 Å². The van der Waals surface area contributed by atoms with Gasteiger partial charge in [0.05, 0.1) is 4.90 Å². The maximum Gasteiger partial charge on any atom is 0.250 e. The van der Waals surface area contributed by atoms with Crippen LogP contribution in [0.5, 0.6) is 0 Å². The Morgan fingerprint density at radius 2 is 1.59 bits per heavy atom. The average molecular weight is 432 g/mol. The van der Waals surface area contributed by atoms with Crippen molar-refractivity contribution >= 4 is 45.0 Å². The van der Waals surface area contributed by atoms with E-state index in [9.17, 15) is 13.2 Å². The van der Waals surface area contributed by atoms with E-state index in [2.05, 4.69) is 15.4 Å². The molecular weight excluding hydrogens is 406 g/mol. The van der Waals surface area contributed by atoms with Crippen LogP contribution >= 0.6 is 12.2 Å². The molecule has 0 bridgehead atoms. The third-order valence-corrected chi connectivity index (χ3v) is 5.58. The molecule has 0 atom stereocenters. The monoisotopic (exact) mass is 431 g/mol. The molecule has 29 heavy (non-hydrogen) atoms. The summed E-state index contributed by atoms with van der Waals surface area (Å²) in [6.07, 6.45) is 3.09. The van der Waals surface area contributed by atoms with E-state index < -0.39 is 15.6 Å². The molecule has 0 heterocycles. The molecule has 154 valence electrons. The fraction of sp³-hybridized carbons (Fsp3) is 0.238. The molecule has 0 fully saturated rings. The predicted octanol–water partition coefficient (Wildman–Crippen LogP) is 3.60. The number of rotatable bonds is 5. The van der Waals surface area contributed by atoms with E-state index in [0.717, 1.165) is 11.1 Å². The number of nitrogens with one attached hydrogen (secondary N) is 3. The van der Waals surface area contributed by atoms with E-state index in [0.29, 0.717) is 5.69 Å². The maximum absolute atomic E-state index is 12.3. The molecule has 0 saturated heterocycles. The van der Waals surface area contributed by atoms with Crippen LogP contribution in [0.15, 0.2) is 59.5 Å². The van der Waals surface area contributed by atoms with Gasteiger partial charge in [0, 0.05) is 17.3 Å². The minimum Gasteiger partial charge on any atom is -0.332 e. The third-order valence-electron chi connectivity index (χ3n) is 3.60. The standard InChI is InChI=1S/C21H25N3O3S2/c1-15-5-7-16(8-6-15)9-14-19(25)23-20(28)22-17-10-12-18(13-11-17)29(26,27)24-21(2,3)4/h5-14,24H,1-4H3,(H2,22,23,25,28). The summed E-state index contributed by atoms with van der Waals surface area (Å²) in [6.45, 7) is 7.31. The molecule has 6 nitrogen and oxygen atoms in total. The number of benzene rings is 2. The Balaban J connectivity index is 1.93. The van der Waals surface area contributed by atoms with E-state index in [1.807, 2.05) is 31.2 Å². The highest BCUT2D eigenvalue weighted by atomic mass is 32.2. The molecule has 1 amide bonds. The minimum absolute atomic E-state index is 0.118. The summed E-state index contributed by atoms with van der Waals surface area (Å²) in [5.74, 6) is -0.364. The summed E-state index contributed by atoms with van der Waals surface area (Å²) in [7, 11) is -3.61. The molecule has 0 unspecified atom stereocenters. The number of sulfonamides is 1. The van der Waals surface area contributed by atoms with Gasteiger partial charge in [0.2, 0.25) is 15.9 Å². The van der Waals surface area contributed by atoms with Gasteiger partial charge in [0.25, 0.3) is 0 Å². The van der Waals surface area contributed by atoms with E-state index in [1.165, 1.54) is 18.2 Å². The fourth-order valence-electron chi connectivity index (χ4n) is 2.34. The molecule has 2 rings (SSSR count). The topological polar surface area (TPSA) is 87.3 Å². The second-order valence-electron chi connectivity index (χ2n) is 7.57. The van der Waals surface area contributed by atoms with Gasteiger partial charge in [-0.05, 0) is 75.8 Å². The molecule has 8 heteroatoms. The number of hydrogen-bond donors (Lipinski definition) is 3. The number of carbonyl (C=O) groups excluding carboxylic acids is 1. The van der Waals surface area contributed by atoms with Crippen LogP contribution < -0.4 is 15.4 Å². The lowest BCUT2D eigenvalue weighted by Gasteiger charge is -2.20. The van der Waals surface area contributed by atoms with Crippen LogP contribution in [0.4, 0.5) is 5.69 Å². The smallest absolute Gasteiger partial charge is 0.250 e. The lowest BCUT2D eigenvalue weighted by atomic mass is 10.1. The summed E-state index contributed by atoms with van der Waals surface area (Å²) in [5.41, 5.74) is 2.04. The van der Waals surface area contributed by atoms with Gasteiger partial charge in [-0.3, -0.25) is 10.1 Å². The maximum atomic E-state index is 12.3. The number of anilines is 1. The molecule has 2 aromatic carbocycles. The summed E-state index contributed by atoms with van der Waals surface area (Å²) in [6, 6.07) is 13.9. The van der Waals surface area contributed by atoms with Gasteiger partial charge >= 0.3 is 0 Å². The highest BCUT2D eigenvalue weighted by Gasteiger charge is 2.21. The van der Waals surface area contributed by atoms with Crippen molar-refractivity contribution in [1.82, 2.24) is 10.0 Å². The van der Waals surface area contributed by atoms with Crippen LogP contribution in [0.1, 0.15) is 31.9 Å². The molecule has 0 saturated carbocycles. The first-order chi connectivity index (χ1) is 13.4. The van der Waals surface area contributed by atoms with E-state index in [-0.39, 0.29) is 15.9 Å². The number of amides is 1. The SMILES string of the molecule is Cc1ccc(C=CC(=O)NC(=S)Nc2ccc(S(=O)(=O)NC(C)(C)C)cc2)cc1. The van der Waals surface area contributed by atoms with Crippen molar-refractivity contribution in [2.24, 2.45) is 0 Å². The average Bonchev–Trinajstić information content (AvgIpc) is 2.59. The largest absolute Gasteiger partial charge is 0.332 e. The van der Waals surface area contributed by atoms with E-state index in [1.54, 1.807) is 39.0 Å². The van der Waals surface area contributed by atoms with Gasteiger partial charge in [-0.1, -0.05) is 29.8 Å². The molecule has 0 aliphatic heterocycles. The fourth-order valence-corrected chi connectivity index (χ4v) is 3.98. The lowest BCUT2D eigenvalue weighted by molar-refractivity contribution is -0.115. The Hall–Kier alpha value is -2.55. The normalized spacial score (nSPS) is 12.0. The summed E-state index contributed by atoms with van der Waals surface area (Å²) in [4.78, 5) is 12.1. The highest BCUT2D eigenvalue weighted by Crippen LogP contribution is 2.16. The number of hydrogen-bond acceptors (Lipinski definition) is 4. The minimum atomic E-state index is -3.61. The van der Waals surface area contributed by atoms with Crippen molar-refractivity contribution in [1.29, 1.82) is 0 Å². The zero-order valence-corrected chi connectivity index (χ0v) is 18.4. The molecule has 3 N–H and O–H groups in total. The van der Waals surface area contributed by atoms with Crippen molar-refractivity contribution in [3.8, 4) is 0 Å². The van der Waals surface area contributed by atoms with Gasteiger partial charge in [-0.25, -0.2) is 13.1 Å². The lowest BCUT2D eigenvalue weighted by Crippen LogP contribution is -2.40. The zero-order valence-electron chi connectivity index (χ0n) is 16.8. The quantitative estimate of drug-likeness (QED) is 0.497. The van der Waals surface area contributed by atoms with Gasteiger partial charge in [-0.15, -0.1) is 0 Å². The van der Waals surface area contributed by atoms with Crippen LogP contribution in [-0.4, -0.2) is 25.0 Å². The molecule has 0 aliphatic rings. The number of thiocarbonyl (C=S) groups is 1.